The highest BCUT2D eigenvalue weighted by atomic mass is 79.9. The smallest absolute Gasteiger partial charge is 0.338 e. The third-order valence-corrected chi connectivity index (χ3v) is 3.85. The molecule has 2 aromatic rings. The third-order valence-electron chi connectivity index (χ3n) is 2.88. The van der Waals surface area contributed by atoms with Crippen molar-refractivity contribution < 1.29 is 14.3 Å². The predicted octanol–water partition coefficient (Wildman–Crippen LogP) is 5.18. The Kier molecular flexibility index (Phi) is 5.62. The van der Waals surface area contributed by atoms with Gasteiger partial charge in [0.25, 0.3) is 0 Å². The first kappa shape index (κ1) is 17.0. The van der Waals surface area contributed by atoms with Gasteiger partial charge in [-0.1, -0.05) is 51.3 Å². The van der Waals surface area contributed by atoms with Crippen molar-refractivity contribution in [1.82, 2.24) is 0 Å². The summed E-state index contributed by atoms with van der Waals surface area (Å²) in [5.41, 5.74) is 0.667. The third kappa shape index (κ3) is 4.32. The lowest BCUT2D eigenvalue weighted by atomic mass is 10.1. The molecule has 0 heterocycles. The zero-order chi connectivity index (χ0) is 16.3. The Labute approximate surface area is 146 Å². The first-order chi connectivity index (χ1) is 10.4. The van der Waals surface area contributed by atoms with Gasteiger partial charge in [0.15, 0.2) is 6.10 Å². The van der Waals surface area contributed by atoms with E-state index >= 15 is 0 Å². The zero-order valence-electron chi connectivity index (χ0n) is 11.5. The second-order valence-corrected chi connectivity index (χ2v) is 6.37. The Balaban J connectivity index is 2.10. The average Bonchev–Trinajstić information content (AvgIpc) is 2.46. The number of ether oxygens (including phenoxy) is 1. The molecule has 2 aromatic carbocycles. The summed E-state index contributed by atoms with van der Waals surface area (Å²) in [6.07, 6.45) is -0.911. The van der Waals surface area contributed by atoms with Gasteiger partial charge in [-0.25, -0.2) is 4.79 Å². The zero-order valence-corrected chi connectivity index (χ0v) is 14.6. The molecule has 0 saturated carbocycles. The Morgan fingerprint density at radius 3 is 2.09 bits per heavy atom. The van der Waals surface area contributed by atoms with Crippen molar-refractivity contribution in [3.8, 4) is 0 Å². The van der Waals surface area contributed by atoms with Crippen LogP contribution in [0, 0.1) is 0 Å². The van der Waals surface area contributed by atoms with E-state index in [1.165, 1.54) is 25.1 Å². The molecular weight excluding hydrogens is 391 g/mol. The second-order valence-electron chi connectivity index (χ2n) is 4.58. The summed E-state index contributed by atoms with van der Waals surface area (Å²) in [6, 6.07) is 11.2. The number of esters is 1. The summed E-state index contributed by atoms with van der Waals surface area (Å²) in [6.45, 7) is 1.52. The minimum atomic E-state index is -0.911. The number of halogens is 3. The van der Waals surface area contributed by atoms with E-state index in [4.69, 9.17) is 27.9 Å². The van der Waals surface area contributed by atoms with E-state index in [-0.39, 0.29) is 11.3 Å². The van der Waals surface area contributed by atoms with Gasteiger partial charge in [-0.3, -0.25) is 4.79 Å². The minimum absolute atomic E-state index is 0.202. The fourth-order valence-corrected chi connectivity index (χ4v) is 2.59. The lowest BCUT2D eigenvalue weighted by molar-refractivity contribution is 0.0319. The van der Waals surface area contributed by atoms with Crippen LogP contribution in [0.15, 0.2) is 46.9 Å². The van der Waals surface area contributed by atoms with Crippen molar-refractivity contribution >= 4 is 50.9 Å². The van der Waals surface area contributed by atoms with E-state index in [1.807, 2.05) is 0 Å². The highest BCUT2D eigenvalue weighted by Crippen LogP contribution is 2.20. The van der Waals surface area contributed by atoms with Crippen LogP contribution < -0.4 is 0 Å². The predicted molar refractivity (Wildman–Crippen MR) is 89.8 cm³/mol. The number of benzene rings is 2. The van der Waals surface area contributed by atoms with E-state index < -0.39 is 12.1 Å². The summed E-state index contributed by atoms with van der Waals surface area (Å²) in [4.78, 5) is 24.3. The molecule has 2 rings (SSSR count). The molecule has 0 unspecified atom stereocenters. The molecule has 0 spiro atoms. The molecule has 0 amide bonds. The van der Waals surface area contributed by atoms with Gasteiger partial charge in [0, 0.05) is 20.1 Å². The number of carbonyl (C=O) groups is 2. The van der Waals surface area contributed by atoms with Crippen molar-refractivity contribution in [1.29, 1.82) is 0 Å². The van der Waals surface area contributed by atoms with E-state index in [0.29, 0.717) is 15.6 Å². The van der Waals surface area contributed by atoms with E-state index in [1.54, 1.807) is 24.3 Å². The SMILES string of the molecule is C[C@@H](OC(=O)c1cc(Cl)cc(Cl)c1)C(=O)c1ccc(Br)cc1. The Bertz CT molecular complexity index is 694. The van der Waals surface area contributed by atoms with Crippen molar-refractivity contribution in [2.24, 2.45) is 0 Å². The number of carbonyl (C=O) groups excluding carboxylic acids is 2. The fourth-order valence-electron chi connectivity index (χ4n) is 1.80. The quantitative estimate of drug-likeness (QED) is 0.523. The van der Waals surface area contributed by atoms with E-state index in [2.05, 4.69) is 15.9 Å². The lowest BCUT2D eigenvalue weighted by Crippen LogP contribution is -2.24. The molecular formula is C16H11BrCl2O3. The molecule has 0 aliphatic rings. The molecule has 3 nitrogen and oxygen atoms in total. The van der Waals surface area contributed by atoms with E-state index in [0.717, 1.165) is 4.47 Å². The maximum Gasteiger partial charge on any atom is 0.338 e. The van der Waals surface area contributed by atoms with Crippen LogP contribution in [0.1, 0.15) is 27.6 Å². The van der Waals surface area contributed by atoms with Gasteiger partial charge in [0.1, 0.15) is 0 Å². The Morgan fingerprint density at radius 1 is 1.00 bits per heavy atom. The van der Waals surface area contributed by atoms with Crippen molar-refractivity contribution in [2.75, 3.05) is 0 Å². The standard InChI is InChI=1S/C16H11BrCl2O3/c1-9(15(20)10-2-4-12(17)5-3-10)22-16(21)11-6-13(18)8-14(19)7-11/h2-9H,1H3/t9-/m1/s1. The van der Waals surface area contributed by atoms with Crippen LogP contribution in [0.25, 0.3) is 0 Å². The largest absolute Gasteiger partial charge is 0.451 e. The van der Waals surface area contributed by atoms with Crippen LogP contribution in [0.2, 0.25) is 10.0 Å². The fraction of sp³-hybridized carbons (Fsp3) is 0.125. The summed E-state index contributed by atoms with van der Waals surface area (Å²) in [7, 11) is 0. The van der Waals surface area contributed by atoms with Crippen LogP contribution in [0.5, 0.6) is 0 Å². The van der Waals surface area contributed by atoms with Gasteiger partial charge in [-0.15, -0.1) is 0 Å². The first-order valence-electron chi connectivity index (χ1n) is 6.33. The molecule has 0 N–H and O–H groups in total. The maximum absolute atomic E-state index is 12.2. The minimum Gasteiger partial charge on any atom is -0.451 e. The molecule has 0 saturated heterocycles. The number of hydrogen-bond donors (Lipinski definition) is 0. The number of ketones is 1. The molecule has 0 radical (unpaired) electrons. The Hall–Kier alpha value is -1.36. The molecule has 0 aromatic heterocycles. The molecule has 114 valence electrons. The van der Waals surface area contributed by atoms with Crippen LogP contribution >= 0.6 is 39.1 Å². The average molecular weight is 402 g/mol. The van der Waals surface area contributed by atoms with E-state index in [9.17, 15) is 9.59 Å². The number of Topliss-reactive ketones (excluding diaryl/α,β-unsaturated/α-hetero) is 1. The van der Waals surface area contributed by atoms with Gasteiger partial charge in [0.2, 0.25) is 5.78 Å². The molecule has 22 heavy (non-hydrogen) atoms. The molecule has 0 aliphatic heterocycles. The number of rotatable bonds is 4. The molecule has 0 bridgehead atoms. The van der Waals surface area contributed by atoms with Crippen LogP contribution in [-0.2, 0) is 4.74 Å². The summed E-state index contributed by atoms with van der Waals surface area (Å²) >= 11 is 15.0. The highest BCUT2D eigenvalue weighted by Gasteiger charge is 2.20. The van der Waals surface area contributed by atoms with Crippen molar-refractivity contribution in [3.63, 3.8) is 0 Å². The van der Waals surface area contributed by atoms with Crippen LogP contribution in [-0.4, -0.2) is 17.9 Å². The highest BCUT2D eigenvalue weighted by molar-refractivity contribution is 9.10. The molecule has 1 atom stereocenters. The van der Waals surface area contributed by atoms with Gasteiger partial charge >= 0.3 is 5.97 Å². The molecule has 0 fully saturated rings. The first-order valence-corrected chi connectivity index (χ1v) is 7.88. The van der Waals surface area contributed by atoms with Crippen molar-refractivity contribution in [3.05, 3.63) is 68.1 Å². The molecule has 6 heteroatoms. The van der Waals surface area contributed by atoms with Gasteiger partial charge in [-0.05, 0) is 37.3 Å². The Morgan fingerprint density at radius 2 is 1.55 bits per heavy atom. The second kappa shape index (κ2) is 7.27. The number of hydrogen-bond acceptors (Lipinski definition) is 3. The van der Waals surface area contributed by atoms with Crippen LogP contribution in [0.4, 0.5) is 0 Å². The summed E-state index contributed by atoms with van der Waals surface area (Å²) in [5.74, 6) is -0.934. The van der Waals surface area contributed by atoms with Gasteiger partial charge < -0.3 is 4.74 Å². The summed E-state index contributed by atoms with van der Waals surface area (Å²) < 4.78 is 6.04. The monoisotopic (exact) mass is 400 g/mol. The molecule has 0 aliphatic carbocycles. The maximum atomic E-state index is 12.2. The van der Waals surface area contributed by atoms with Gasteiger partial charge in [0.05, 0.1) is 5.56 Å². The van der Waals surface area contributed by atoms with Crippen LogP contribution in [0.3, 0.4) is 0 Å². The lowest BCUT2D eigenvalue weighted by Gasteiger charge is -2.12. The normalized spacial score (nSPS) is 11.8. The topological polar surface area (TPSA) is 43.4 Å². The summed E-state index contributed by atoms with van der Waals surface area (Å²) in [5, 5.41) is 0.651. The van der Waals surface area contributed by atoms with Crippen molar-refractivity contribution in [2.45, 2.75) is 13.0 Å². The van der Waals surface area contributed by atoms with Gasteiger partial charge in [-0.2, -0.15) is 0 Å².